The second kappa shape index (κ2) is 9.07. The first-order valence-corrected chi connectivity index (χ1v) is 10.2. The number of thiazole rings is 1. The van der Waals surface area contributed by atoms with Crippen LogP contribution in [0.3, 0.4) is 0 Å². The summed E-state index contributed by atoms with van der Waals surface area (Å²) in [5.41, 5.74) is 2.02. The average Bonchev–Trinajstić information content (AvgIpc) is 3.07. The molecule has 0 fully saturated rings. The van der Waals surface area contributed by atoms with Crippen LogP contribution in [-0.2, 0) is 14.3 Å². The van der Waals surface area contributed by atoms with E-state index in [4.69, 9.17) is 4.74 Å². The molecular weight excluding hydrogens is 403 g/mol. The van der Waals surface area contributed by atoms with Crippen molar-refractivity contribution in [3.8, 4) is 11.3 Å². The summed E-state index contributed by atoms with van der Waals surface area (Å²) >= 11 is 2.65. The summed E-state index contributed by atoms with van der Waals surface area (Å²) in [5.74, 6) is -1.06. The number of halogens is 1. The van der Waals surface area contributed by atoms with Crippen molar-refractivity contribution in [3.05, 3.63) is 35.1 Å². The van der Waals surface area contributed by atoms with Gasteiger partial charge in [-0.05, 0) is 38.1 Å². The van der Waals surface area contributed by atoms with Gasteiger partial charge in [-0.15, -0.1) is 21.5 Å². The van der Waals surface area contributed by atoms with Gasteiger partial charge in [0.25, 0.3) is 0 Å². The van der Waals surface area contributed by atoms with Crippen molar-refractivity contribution in [1.82, 2.24) is 20.5 Å². The van der Waals surface area contributed by atoms with Crippen LogP contribution in [0, 0.1) is 12.7 Å². The van der Waals surface area contributed by atoms with Crippen LogP contribution in [0.5, 0.6) is 0 Å². The molecule has 2 heterocycles. The zero-order chi connectivity index (χ0) is 20.1. The van der Waals surface area contributed by atoms with E-state index in [2.05, 4.69) is 20.5 Å². The summed E-state index contributed by atoms with van der Waals surface area (Å²) in [6.45, 7) is 3.67. The first kappa shape index (κ1) is 20.2. The molecule has 0 radical (unpaired) electrons. The van der Waals surface area contributed by atoms with Gasteiger partial charge in [-0.2, -0.15) is 0 Å². The quantitative estimate of drug-likeness (QED) is 0.464. The molecule has 0 saturated heterocycles. The van der Waals surface area contributed by atoms with Crippen LogP contribution in [0.1, 0.15) is 11.9 Å². The number of hydrogen-bond acceptors (Lipinski definition) is 8. The van der Waals surface area contributed by atoms with Crippen LogP contribution in [0.2, 0.25) is 0 Å². The maximum Gasteiger partial charge on any atom is 0.325 e. The Labute approximate surface area is 168 Å². The van der Waals surface area contributed by atoms with Gasteiger partial charge in [-0.3, -0.25) is 9.59 Å². The number of rotatable bonds is 7. The third kappa shape index (κ3) is 4.82. The molecule has 0 unspecified atom stereocenters. The summed E-state index contributed by atoms with van der Waals surface area (Å²) in [7, 11) is 0. The highest BCUT2D eigenvalue weighted by molar-refractivity contribution is 8.00. The number of amides is 1. The summed E-state index contributed by atoms with van der Waals surface area (Å²) in [5, 5.41) is 12.3. The fourth-order valence-electron chi connectivity index (χ4n) is 2.38. The SMILES string of the molecule is CCOC(=O)CNC(=O)CSc1nnc(-c2ccc(F)cc2)c2sc(C)nc12. The number of carbonyl (C=O) groups is 2. The molecule has 0 bridgehead atoms. The lowest BCUT2D eigenvalue weighted by Gasteiger charge is -2.06. The molecule has 7 nitrogen and oxygen atoms in total. The van der Waals surface area contributed by atoms with Crippen molar-refractivity contribution in [2.45, 2.75) is 18.9 Å². The first-order chi connectivity index (χ1) is 13.5. The molecule has 0 atom stereocenters. The number of aryl methyl sites for hydroxylation is 1. The number of nitrogens with one attached hydrogen (secondary N) is 1. The Hall–Kier alpha value is -2.59. The van der Waals surface area contributed by atoms with Crippen LogP contribution >= 0.6 is 23.1 Å². The summed E-state index contributed by atoms with van der Waals surface area (Å²) in [6.07, 6.45) is 0. The van der Waals surface area contributed by atoms with Gasteiger partial charge in [0.2, 0.25) is 5.91 Å². The molecule has 3 rings (SSSR count). The van der Waals surface area contributed by atoms with Gasteiger partial charge in [-0.25, -0.2) is 9.37 Å². The first-order valence-electron chi connectivity index (χ1n) is 8.42. The number of carbonyl (C=O) groups excluding carboxylic acids is 2. The fraction of sp³-hybridized carbons (Fsp3) is 0.278. The van der Waals surface area contributed by atoms with E-state index in [1.165, 1.54) is 35.2 Å². The van der Waals surface area contributed by atoms with Crippen molar-refractivity contribution in [1.29, 1.82) is 0 Å². The largest absolute Gasteiger partial charge is 0.465 e. The van der Waals surface area contributed by atoms with Crippen molar-refractivity contribution in [2.24, 2.45) is 0 Å². The minimum Gasteiger partial charge on any atom is -0.465 e. The molecule has 10 heteroatoms. The van der Waals surface area contributed by atoms with Crippen LogP contribution in [-0.4, -0.2) is 46.0 Å². The van der Waals surface area contributed by atoms with Crippen LogP contribution in [0.15, 0.2) is 29.3 Å². The molecule has 0 spiro atoms. The fourth-order valence-corrected chi connectivity index (χ4v) is 4.13. The second-order valence-electron chi connectivity index (χ2n) is 5.64. The number of aromatic nitrogens is 3. The van der Waals surface area contributed by atoms with E-state index in [9.17, 15) is 14.0 Å². The van der Waals surface area contributed by atoms with E-state index in [0.29, 0.717) is 16.2 Å². The highest BCUT2D eigenvalue weighted by Gasteiger charge is 2.17. The maximum atomic E-state index is 13.2. The van der Waals surface area contributed by atoms with Gasteiger partial charge in [0.05, 0.1) is 22.1 Å². The van der Waals surface area contributed by atoms with Crippen molar-refractivity contribution in [3.63, 3.8) is 0 Å². The number of esters is 1. The smallest absolute Gasteiger partial charge is 0.325 e. The molecule has 1 amide bonds. The van der Waals surface area contributed by atoms with E-state index < -0.39 is 5.97 Å². The van der Waals surface area contributed by atoms with Crippen molar-refractivity contribution >= 4 is 45.2 Å². The number of hydrogen-bond donors (Lipinski definition) is 1. The Balaban J connectivity index is 1.76. The van der Waals surface area contributed by atoms with Crippen LogP contribution in [0.4, 0.5) is 4.39 Å². The Bertz CT molecular complexity index is 1010. The normalized spacial score (nSPS) is 10.8. The second-order valence-corrected chi connectivity index (χ2v) is 7.81. The lowest BCUT2D eigenvalue weighted by atomic mass is 10.1. The number of nitrogens with zero attached hydrogens (tertiary/aromatic N) is 3. The minimum atomic E-state index is -0.484. The molecule has 0 aliphatic carbocycles. The predicted octanol–water partition coefficient (Wildman–Crippen LogP) is 2.97. The van der Waals surface area contributed by atoms with Gasteiger partial charge < -0.3 is 10.1 Å². The molecule has 1 aromatic carbocycles. The van der Waals surface area contributed by atoms with Crippen molar-refractivity contribution < 1.29 is 18.7 Å². The zero-order valence-corrected chi connectivity index (χ0v) is 16.8. The van der Waals surface area contributed by atoms with Crippen LogP contribution in [0.25, 0.3) is 21.5 Å². The van der Waals surface area contributed by atoms with E-state index in [1.807, 2.05) is 6.92 Å². The average molecular weight is 420 g/mol. The molecule has 0 aliphatic rings. The lowest BCUT2D eigenvalue weighted by molar-refractivity contribution is -0.143. The predicted molar refractivity (Wildman–Crippen MR) is 106 cm³/mol. The molecular formula is C18H17FN4O3S2. The summed E-state index contributed by atoms with van der Waals surface area (Å²) in [4.78, 5) is 27.7. The van der Waals surface area contributed by atoms with Gasteiger partial charge >= 0.3 is 5.97 Å². The lowest BCUT2D eigenvalue weighted by Crippen LogP contribution is -2.31. The van der Waals surface area contributed by atoms with E-state index in [0.717, 1.165) is 15.3 Å². The van der Waals surface area contributed by atoms with Crippen molar-refractivity contribution in [2.75, 3.05) is 18.9 Å². The summed E-state index contributed by atoms with van der Waals surface area (Å²) < 4.78 is 18.8. The molecule has 2 aromatic heterocycles. The number of benzene rings is 1. The molecule has 28 heavy (non-hydrogen) atoms. The zero-order valence-electron chi connectivity index (χ0n) is 15.2. The number of ether oxygens (including phenoxy) is 1. The van der Waals surface area contributed by atoms with E-state index in [1.54, 1.807) is 19.1 Å². The number of thioether (sulfide) groups is 1. The third-order valence-corrected chi connectivity index (χ3v) is 5.52. The Morgan fingerprint density at radius 3 is 2.71 bits per heavy atom. The van der Waals surface area contributed by atoms with Crippen LogP contribution < -0.4 is 5.32 Å². The molecule has 0 aliphatic heterocycles. The highest BCUT2D eigenvalue weighted by atomic mass is 32.2. The Kier molecular flexibility index (Phi) is 6.53. The minimum absolute atomic E-state index is 0.0651. The Morgan fingerprint density at radius 1 is 1.25 bits per heavy atom. The van der Waals surface area contributed by atoms with Gasteiger partial charge in [0, 0.05) is 5.56 Å². The van der Waals surface area contributed by atoms with E-state index in [-0.39, 0.29) is 30.6 Å². The third-order valence-electron chi connectivity index (χ3n) is 3.59. The molecule has 1 N–H and O–H groups in total. The number of fused-ring (bicyclic) bond motifs is 1. The van der Waals surface area contributed by atoms with Gasteiger partial charge in [-0.1, -0.05) is 11.8 Å². The highest BCUT2D eigenvalue weighted by Crippen LogP contribution is 2.35. The van der Waals surface area contributed by atoms with E-state index >= 15 is 0 Å². The molecule has 0 saturated carbocycles. The monoisotopic (exact) mass is 420 g/mol. The Morgan fingerprint density at radius 2 is 2.00 bits per heavy atom. The summed E-state index contributed by atoms with van der Waals surface area (Å²) in [6, 6.07) is 6.02. The van der Waals surface area contributed by atoms with Gasteiger partial charge in [0.1, 0.15) is 28.6 Å². The topological polar surface area (TPSA) is 94.1 Å². The van der Waals surface area contributed by atoms with Gasteiger partial charge in [0.15, 0.2) is 0 Å². The standard InChI is InChI=1S/C18H17FN4O3S2/c1-3-26-14(25)8-20-13(24)9-27-18-16-17(28-10(2)21-16)15(22-23-18)11-4-6-12(19)7-5-11/h4-7H,3,8-9H2,1-2H3,(H,20,24). The maximum absolute atomic E-state index is 13.2. The molecule has 146 valence electrons. The molecule has 3 aromatic rings.